The number of aromatic nitrogens is 3. The van der Waals surface area contributed by atoms with Gasteiger partial charge in [0.05, 0.1) is 6.54 Å². The second-order valence-electron chi connectivity index (χ2n) is 5.26. The molecule has 0 spiro atoms. The van der Waals surface area contributed by atoms with E-state index in [1.807, 2.05) is 30.3 Å². The largest absolute Gasteiger partial charge is 0.461 e. The van der Waals surface area contributed by atoms with Crippen molar-refractivity contribution in [3.05, 3.63) is 52.7 Å². The molecule has 1 N–H and O–H groups in total. The summed E-state index contributed by atoms with van der Waals surface area (Å²) in [6, 6.07) is 9.57. The Morgan fingerprint density at radius 1 is 1.42 bits per heavy atom. The van der Waals surface area contributed by atoms with E-state index in [0.29, 0.717) is 12.4 Å². The maximum Gasteiger partial charge on any atom is 0.345 e. The Hall–Kier alpha value is -2.94. The first kappa shape index (κ1) is 15.9. The molecule has 9 nitrogen and oxygen atoms in total. The van der Waals surface area contributed by atoms with Gasteiger partial charge in [-0.05, 0) is 0 Å². The number of rotatable bonds is 5. The van der Waals surface area contributed by atoms with Crippen LogP contribution in [0.3, 0.4) is 0 Å². The van der Waals surface area contributed by atoms with Crippen LogP contribution in [0, 0.1) is 0 Å². The second-order valence-corrected chi connectivity index (χ2v) is 5.26. The number of carbonyl (C=O) groups is 1. The van der Waals surface area contributed by atoms with Crippen molar-refractivity contribution < 1.29 is 14.4 Å². The molecule has 0 aliphatic carbocycles. The molecule has 3 rings (SSSR count). The molecular formula is C15H17N5O4. The van der Waals surface area contributed by atoms with E-state index in [9.17, 15) is 9.59 Å². The van der Waals surface area contributed by atoms with Crippen molar-refractivity contribution in [3.8, 4) is 0 Å². The molecule has 0 bridgehead atoms. The number of esters is 1. The highest BCUT2D eigenvalue weighted by molar-refractivity contribution is 5.98. The highest BCUT2D eigenvalue weighted by Crippen LogP contribution is 2.06. The van der Waals surface area contributed by atoms with E-state index in [0.717, 1.165) is 10.2 Å². The molecule has 1 atom stereocenters. The molecular weight excluding hydrogens is 314 g/mol. The van der Waals surface area contributed by atoms with Gasteiger partial charge in [0.1, 0.15) is 25.6 Å². The number of ether oxygens (including phenoxy) is 1. The fraction of sp³-hybridized carbons (Fsp3) is 0.333. The van der Waals surface area contributed by atoms with E-state index in [2.05, 4.69) is 15.6 Å². The van der Waals surface area contributed by atoms with Gasteiger partial charge in [0.2, 0.25) is 0 Å². The summed E-state index contributed by atoms with van der Waals surface area (Å²) in [6.07, 6.45) is 0.950. The van der Waals surface area contributed by atoms with Crippen LogP contribution in [-0.4, -0.2) is 45.4 Å². The summed E-state index contributed by atoms with van der Waals surface area (Å²) in [6.45, 7) is 0.172. The van der Waals surface area contributed by atoms with Crippen LogP contribution in [0.4, 0.5) is 0 Å². The molecule has 2 heterocycles. The average Bonchev–Trinajstić information content (AvgIpc) is 2.93. The SMILES string of the molecule is Cn1cnn(CC(=O)OC[C@H]2CN=C(c3ccccc3)NO2)c1=O. The van der Waals surface area contributed by atoms with Gasteiger partial charge < -0.3 is 4.74 Å². The summed E-state index contributed by atoms with van der Waals surface area (Å²) in [5, 5.41) is 3.79. The standard InChI is InChI=1S/C15H17N5O4/c1-19-10-17-20(15(19)22)8-13(21)23-9-12-7-16-14(18-24-12)11-5-3-2-4-6-11/h2-6,10,12H,7-9H2,1H3,(H,16,18)/t12-/m1/s1. The lowest BCUT2D eigenvalue weighted by Crippen LogP contribution is -2.40. The molecule has 24 heavy (non-hydrogen) atoms. The monoisotopic (exact) mass is 331 g/mol. The quantitative estimate of drug-likeness (QED) is 0.740. The number of benzene rings is 1. The molecule has 0 fully saturated rings. The van der Waals surface area contributed by atoms with Crippen LogP contribution in [0.15, 0.2) is 46.4 Å². The van der Waals surface area contributed by atoms with Gasteiger partial charge in [-0.15, -0.1) is 0 Å². The van der Waals surface area contributed by atoms with Gasteiger partial charge in [0.25, 0.3) is 0 Å². The number of hydroxylamine groups is 1. The Morgan fingerprint density at radius 2 is 2.21 bits per heavy atom. The van der Waals surface area contributed by atoms with Gasteiger partial charge in [-0.3, -0.25) is 19.2 Å². The second kappa shape index (κ2) is 7.09. The molecule has 126 valence electrons. The van der Waals surface area contributed by atoms with E-state index >= 15 is 0 Å². The zero-order valence-electron chi connectivity index (χ0n) is 13.1. The minimum atomic E-state index is -0.558. The first-order valence-electron chi connectivity index (χ1n) is 7.39. The first-order valence-corrected chi connectivity index (χ1v) is 7.39. The van der Waals surface area contributed by atoms with Crippen molar-refractivity contribution in [2.45, 2.75) is 12.6 Å². The Labute approximate surface area is 137 Å². The number of hydrogen-bond donors (Lipinski definition) is 1. The molecule has 2 aromatic rings. The van der Waals surface area contributed by atoms with Crippen molar-refractivity contribution in [1.29, 1.82) is 0 Å². The summed E-state index contributed by atoms with van der Waals surface area (Å²) < 4.78 is 7.42. The molecule has 0 amide bonds. The van der Waals surface area contributed by atoms with Crippen molar-refractivity contribution >= 4 is 11.8 Å². The van der Waals surface area contributed by atoms with Gasteiger partial charge in [-0.1, -0.05) is 30.3 Å². The van der Waals surface area contributed by atoms with E-state index in [4.69, 9.17) is 9.57 Å². The third kappa shape index (κ3) is 3.69. The van der Waals surface area contributed by atoms with Gasteiger partial charge in [-0.2, -0.15) is 5.10 Å². The lowest BCUT2D eigenvalue weighted by molar-refractivity contribution is -0.150. The number of nitrogens with one attached hydrogen (secondary N) is 1. The summed E-state index contributed by atoms with van der Waals surface area (Å²) in [4.78, 5) is 33.1. The van der Waals surface area contributed by atoms with Gasteiger partial charge in [0.15, 0.2) is 5.84 Å². The molecule has 1 aliphatic heterocycles. The summed E-state index contributed by atoms with van der Waals surface area (Å²) in [5.74, 6) is 0.0791. The molecule has 1 aromatic heterocycles. The predicted octanol–water partition coefficient (Wildman–Crippen LogP) is -0.525. The smallest absolute Gasteiger partial charge is 0.345 e. The molecule has 1 aliphatic rings. The summed E-state index contributed by atoms with van der Waals surface area (Å²) in [7, 11) is 1.56. The van der Waals surface area contributed by atoms with Crippen molar-refractivity contribution in [1.82, 2.24) is 19.8 Å². The van der Waals surface area contributed by atoms with E-state index in [1.54, 1.807) is 7.05 Å². The van der Waals surface area contributed by atoms with Crippen LogP contribution in [0.5, 0.6) is 0 Å². The van der Waals surface area contributed by atoms with Crippen LogP contribution in [0.1, 0.15) is 5.56 Å². The molecule has 1 aromatic carbocycles. The molecule has 0 unspecified atom stereocenters. The molecule has 0 radical (unpaired) electrons. The van der Waals surface area contributed by atoms with E-state index in [-0.39, 0.29) is 24.9 Å². The van der Waals surface area contributed by atoms with Crippen molar-refractivity contribution in [2.24, 2.45) is 12.0 Å². The third-order valence-electron chi connectivity index (χ3n) is 3.42. The predicted molar refractivity (Wildman–Crippen MR) is 84.3 cm³/mol. The van der Waals surface area contributed by atoms with Gasteiger partial charge in [-0.25, -0.2) is 15.0 Å². The zero-order chi connectivity index (χ0) is 16.9. The maximum absolute atomic E-state index is 11.8. The topological polar surface area (TPSA) is 99.7 Å². The van der Waals surface area contributed by atoms with Crippen LogP contribution < -0.4 is 11.2 Å². The normalized spacial score (nSPS) is 17.0. The minimum absolute atomic E-state index is 0.0407. The minimum Gasteiger partial charge on any atom is -0.461 e. The van der Waals surface area contributed by atoms with Crippen LogP contribution >= 0.6 is 0 Å². The highest BCUT2D eigenvalue weighted by atomic mass is 16.7. The summed E-state index contributed by atoms with van der Waals surface area (Å²) in [5.41, 5.74) is 3.30. The van der Waals surface area contributed by atoms with E-state index < -0.39 is 5.97 Å². The van der Waals surface area contributed by atoms with Crippen molar-refractivity contribution in [2.75, 3.05) is 13.2 Å². The fourth-order valence-electron chi connectivity index (χ4n) is 2.12. The Morgan fingerprint density at radius 3 is 2.83 bits per heavy atom. The van der Waals surface area contributed by atoms with Crippen LogP contribution in [0.2, 0.25) is 0 Å². The molecule has 0 saturated heterocycles. The Balaban J connectivity index is 1.48. The lowest BCUT2D eigenvalue weighted by atomic mass is 10.2. The van der Waals surface area contributed by atoms with Gasteiger partial charge >= 0.3 is 11.7 Å². The number of amidine groups is 1. The molecule has 0 saturated carbocycles. The average molecular weight is 331 g/mol. The van der Waals surface area contributed by atoms with Crippen LogP contribution in [0.25, 0.3) is 0 Å². The lowest BCUT2D eigenvalue weighted by Gasteiger charge is -2.22. The number of aliphatic imine (C=N–C) groups is 1. The number of carbonyl (C=O) groups excluding carboxylic acids is 1. The number of nitrogens with zero attached hydrogens (tertiary/aromatic N) is 4. The Bertz CT molecular complexity index is 796. The maximum atomic E-state index is 11.8. The Kier molecular flexibility index (Phi) is 4.71. The number of aryl methyl sites for hydroxylation is 1. The zero-order valence-corrected chi connectivity index (χ0v) is 13.1. The number of hydrogen-bond acceptors (Lipinski definition) is 7. The van der Waals surface area contributed by atoms with Crippen molar-refractivity contribution in [3.63, 3.8) is 0 Å². The molecule has 9 heteroatoms. The van der Waals surface area contributed by atoms with Crippen LogP contribution in [-0.2, 0) is 28.0 Å². The van der Waals surface area contributed by atoms with E-state index in [1.165, 1.54) is 10.9 Å². The summed E-state index contributed by atoms with van der Waals surface area (Å²) >= 11 is 0. The first-order chi connectivity index (χ1) is 11.6. The van der Waals surface area contributed by atoms with Gasteiger partial charge in [0, 0.05) is 12.6 Å². The highest BCUT2D eigenvalue weighted by Gasteiger charge is 2.19. The fourth-order valence-corrected chi connectivity index (χ4v) is 2.12. The third-order valence-corrected chi connectivity index (χ3v) is 3.42.